The summed E-state index contributed by atoms with van der Waals surface area (Å²) >= 11 is 0. The zero-order chi connectivity index (χ0) is 18.9. The number of carbonyl (C=O) groups excluding carboxylic acids is 3. The minimum absolute atomic E-state index is 0.262. The van der Waals surface area contributed by atoms with Crippen LogP contribution in [0.25, 0.3) is 0 Å². The van der Waals surface area contributed by atoms with E-state index in [1.165, 1.54) is 14.0 Å². The molecule has 2 aromatic carbocycles. The van der Waals surface area contributed by atoms with E-state index in [4.69, 9.17) is 4.74 Å². The highest BCUT2D eigenvalue weighted by Crippen LogP contribution is 2.19. The Balaban J connectivity index is 2.03. The third-order valence-corrected chi connectivity index (χ3v) is 3.56. The van der Waals surface area contributed by atoms with Gasteiger partial charge in [-0.3, -0.25) is 14.9 Å². The summed E-state index contributed by atoms with van der Waals surface area (Å²) in [7, 11) is 1.40. The molecule has 136 valence electrons. The zero-order valence-electron chi connectivity index (χ0n) is 14.6. The maximum Gasteiger partial charge on any atom is 0.321 e. The van der Waals surface area contributed by atoms with Crippen LogP contribution < -0.4 is 20.7 Å². The highest BCUT2D eigenvalue weighted by molar-refractivity contribution is 5.98. The molecular weight excluding hydrogens is 334 g/mol. The smallest absolute Gasteiger partial charge is 0.321 e. The summed E-state index contributed by atoms with van der Waals surface area (Å²) in [6, 6.07) is 15.5. The van der Waals surface area contributed by atoms with Gasteiger partial charge >= 0.3 is 6.03 Å². The van der Waals surface area contributed by atoms with Crippen LogP contribution in [0, 0.1) is 0 Å². The molecule has 0 spiro atoms. The van der Waals surface area contributed by atoms with Crippen molar-refractivity contribution in [1.82, 2.24) is 16.0 Å². The number of carbonyl (C=O) groups is 3. The Bertz CT molecular complexity index is 777. The summed E-state index contributed by atoms with van der Waals surface area (Å²) in [6.07, 6.45) is -0.949. The van der Waals surface area contributed by atoms with E-state index in [1.54, 1.807) is 24.3 Å². The lowest BCUT2D eigenvalue weighted by Crippen LogP contribution is -2.44. The van der Waals surface area contributed by atoms with E-state index in [9.17, 15) is 14.4 Å². The molecule has 4 amide bonds. The van der Waals surface area contributed by atoms with Crippen LogP contribution in [0.15, 0.2) is 54.6 Å². The van der Waals surface area contributed by atoms with Crippen LogP contribution >= 0.6 is 0 Å². The molecule has 0 heterocycles. The fourth-order valence-electron chi connectivity index (χ4n) is 2.15. The normalized spacial score (nSPS) is 11.2. The van der Waals surface area contributed by atoms with Gasteiger partial charge in [0.25, 0.3) is 11.8 Å². The Morgan fingerprint density at radius 3 is 2.35 bits per heavy atom. The summed E-state index contributed by atoms with van der Waals surface area (Å²) in [4.78, 5) is 35.6. The van der Waals surface area contributed by atoms with Crippen molar-refractivity contribution >= 4 is 17.8 Å². The topological polar surface area (TPSA) is 96.5 Å². The number of hydrogen-bond acceptors (Lipinski definition) is 4. The molecule has 0 fully saturated rings. The summed E-state index contributed by atoms with van der Waals surface area (Å²) in [5.41, 5.74) is 1.28. The number of imide groups is 1. The molecule has 0 aliphatic rings. The van der Waals surface area contributed by atoms with Gasteiger partial charge in [0.2, 0.25) is 0 Å². The van der Waals surface area contributed by atoms with Crippen LogP contribution in [-0.4, -0.2) is 31.0 Å². The molecule has 1 atom stereocenters. The molecule has 0 saturated carbocycles. The monoisotopic (exact) mass is 355 g/mol. The van der Waals surface area contributed by atoms with Crippen LogP contribution in [0.1, 0.15) is 22.8 Å². The van der Waals surface area contributed by atoms with Gasteiger partial charge in [0.1, 0.15) is 5.75 Å². The molecule has 0 aliphatic heterocycles. The molecule has 0 bridgehead atoms. The Kier molecular flexibility index (Phi) is 6.73. The second-order valence-electron chi connectivity index (χ2n) is 5.49. The molecule has 3 N–H and O–H groups in total. The first kappa shape index (κ1) is 19.0. The molecule has 7 nitrogen and oxygen atoms in total. The van der Waals surface area contributed by atoms with E-state index in [2.05, 4.69) is 16.0 Å². The number of hydrogen-bond donors (Lipinski definition) is 3. The quantitative estimate of drug-likeness (QED) is 0.737. The Labute approximate surface area is 151 Å². The molecule has 0 saturated heterocycles. The predicted octanol–water partition coefficient (Wildman–Crippen LogP) is 1.84. The van der Waals surface area contributed by atoms with E-state index in [-0.39, 0.29) is 11.7 Å². The Morgan fingerprint density at radius 1 is 1.00 bits per heavy atom. The molecule has 0 aliphatic carbocycles. The summed E-state index contributed by atoms with van der Waals surface area (Å²) < 4.78 is 5.57. The number of nitrogens with one attached hydrogen (secondary N) is 3. The van der Waals surface area contributed by atoms with Gasteiger partial charge in [-0.05, 0) is 24.6 Å². The number of benzene rings is 2. The fourth-order valence-corrected chi connectivity index (χ4v) is 2.15. The van der Waals surface area contributed by atoms with E-state index >= 15 is 0 Å². The zero-order valence-corrected chi connectivity index (χ0v) is 14.6. The van der Waals surface area contributed by atoms with Gasteiger partial charge in [0.05, 0.1) is 5.56 Å². The Hall–Kier alpha value is -3.35. The second kappa shape index (κ2) is 9.22. The summed E-state index contributed by atoms with van der Waals surface area (Å²) in [5.74, 6) is -0.662. The van der Waals surface area contributed by atoms with Crippen LogP contribution in [0.3, 0.4) is 0 Å². The number of urea groups is 1. The highest BCUT2D eigenvalue weighted by Gasteiger charge is 2.20. The third-order valence-electron chi connectivity index (χ3n) is 3.56. The van der Waals surface area contributed by atoms with Crippen molar-refractivity contribution < 1.29 is 19.1 Å². The predicted molar refractivity (Wildman–Crippen MR) is 96.7 cm³/mol. The third kappa shape index (κ3) is 5.34. The van der Waals surface area contributed by atoms with Gasteiger partial charge in [0, 0.05) is 13.6 Å². The van der Waals surface area contributed by atoms with Gasteiger partial charge in [-0.1, -0.05) is 42.5 Å². The first-order valence-corrected chi connectivity index (χ1v) is 8.11. The molecule has 0 unspecified atom stereocenters. The van der Waals surface area contributed by atoms with Crippen molar-refractivity contribution in [2.75, 3.05) is 7.05 Å². The first-order chi connectivity index (χ1) is 12.5. The average molecular weight is 355 g/mol. The van der Waals surface area contributed by atoms with E-state index in [0.29, 0.717) is 12.1 Å². The number of ether oxygens (including phenoxy) is 1. The first-order valence-electron chi connectivity index (χ1n) is 8.11. The number of para-hydroxylation sites is 1. The molecule has 7 heteroatoms. The van der Waals surface area contributed by atoms with Gasteiger partial charge in [-0.2, -0.15) is 0 Å². The van der Waals surface area contributed by atoms with Gasteiger partial charge in [0.15, 0.2) is 6.10 Å². The standard InChI is InChI=1S/C19H21N3O4/c1-13(17(23)22-19(25)20-2)26-16-11-7-6-10-15(16)18(24)21-12-14-8-4-3-5-9-14/h3-11,13H,12H2,1-2H3,(H,21,24)(H2,20,22,23,25)/t13-/m1/s1. The van der Waals surface area contributed by atoms with Crippen LogP contribution in [0.4, 0.5) is 4.79 Å². The van der Waals surface area contributed by atoms with Crippen LogP contribution in [0.5, 0.6) is 5.75 Å². The second-order valence-corrected chi connectivity index (χ2v) is 5.49. The molecular formula is C19H21N3O4. The summed E-state index contributed by atoms with van der Waals surface area (Å²) in [6.45, 7) is 1.87. The molecule has 2 rings (SSSR count). The van der Waals surface area contributed by atoms with Crippen molar-refractivity contribution in [3.63, 3.8) is 0 Å². The van der Waals surface area contributed by atoms with Crippen LogP contribution in [0.2, 0.25) is 0 Å². The van der Waals surface area contributed by atoms with E-state index in [0.717, 1.165) is 5.56 Å². The van der Waals surface area contributed by atoms with Crippen LogP contribution in [-0.2, 0) is 11.3 Å². The Morgan fingerprint density at radius 2 is 1.65 bits per heavy atom. The van der Waals surface area contributed by atoms with Crippen molar-refractivity contribution in [2.24, 2.45) is 0 Å². The van der Waals surface area contributed by atoms with E-state index < -0.39 is 18.0 Å². The van der Waals surface area contributed by atoms with Gasteiger partial charge in [-0.15, -0.1) is 0 Å². The maximum absolute atomic E-state index is 12.5. The van der Waals surface area contributed by atoms with E-state index in [1.807, 2.05) is 30.3 Å². The van der Waals surface area contributed by atoms with Crippen molar-refractivity contribution in [1.29, 1.82) is 0 Å². The lowest BCUT2D eigenvalue weighted by atomic mass is 10.1. The average Bonchev–Trinajstić information content (AvgIpc) is 2.67. The molecule has 0 aromatic heterocycles. The van der Waals surface area contributed by atoms with Gasteiger partial charge in [-0.25, -0.2) is 4.79 Å². The van der Waals surface area contributed by atoms with Gasteiger partial charge < -0.3 is 15.4 Å². The maximum atomic E-state index is 12.5. The molecule has 2 aromatic rings. The largest absolute Gasteiger partial charge is 0.480 e. The summed E-state index contributed by atoms with van der Waals surface area (Å²) in [5, 5.41) is 7.23. The lowest BCUT2D eigenvalue weighted by molar-refractivity contribution is -0.126. The van der Waals surface area contributed by atoms with Crippen molar-refractivity contribution in [2.45, 2.75) is 19.6 Å². The lowest BCUT2D eigenvalue weighted by Gasteiger charge is -2.16. The highest BCUT2D eigenvalue weighted by atomic mass is 16.5. The minimum Gasteiger partial charge on any atom is -0.480 e. The van der Waals surface area contributed by atoms with Crippen molar-refractivity contribution in [3.8, 4) is 5.75 Å². The molecule has 0 radical (unpaired) electrons. The SMILES string of the molecule is CNC(=O)NC(=O)[C@@H](C)Oc1ccccc1C(=O)NCc1ccccc1. The number of rotatable bonds is 6. The van der Waals surface area contributed by atoms with Crippen molar-refractivity contribution in [3.05, 3.63) is 65.7 Å². The molecule has 26 heavy (non-hydrogen) atoms. The minimum atomic E-state index is -0.949. The number of amides is 4. The fraction of sp³-hybridized carbons (Fsp3) is 0.211.